The van der Waals surface area contributed by atoms with Gasteiger partial charge in [0, 0.05) is 13.0 Å². The van der Waals surface area contributed by atoms with Gasteiger partial charge in [0.1, 0.15) is 6.17 Å². The van der Waals surface area contributed by atoms with Gasteiger partial charge in [-0.1, -0.05) is 13.3 Å². The van der Waals surface area contributed by atoms with Crippen LogP contribution in [0.1, 0.15) is 46.0 Å². The summed E-state index contributed by atoms with van der Waals surface area (Å²) in [4.78, 5) is 11.2. The SMILES string of the molecule is CC(=O)NC1C(C)CCCC(F)[C@H]2CCC12. The van der Waals surface area contributed by atoms with E-state index < -0.39 is 6.17 Å². The van der Waals surface area contributed by atoms with Crippen molar-refractivity contribution < 1.29 is 9.18 Å². The molecule has 2 aliphatic rings. The molecule has 0 saturated heterocycles. The van der Waals surface area contributed by atoms with Crippen LogP contribution in [0.3, 0.4) is 0 Å². The number of halogens is 1. The summed E-state index contributed by atoms with van der Waals surface area (Å²) in [6.07, 6.45) is 4.17. The smallest absolute Gasteiger partial charge is 0.217 e. The molecule has 0 bridgehead atoms. The van der Waals surface area contributed by atoms with Crippen LogP contribution >= 0.6 is 0 Å². The van der Waals surface area contributed by atoms with Gasteiger partial charge in [-0.25, -0.2) is 4.39 Å². The lowest BCUT2D eigenvalue weighted by Gasteiger charge is -2.47. The first-order chi connectivity index (χ1) is 7.59. The predicted molar refractivity (Wildman–Crippen MR) is 61.7 cm³/mol. The van der Waals surface area contributed by atoms with Crippen LogP contribution in [0.15, 0.2) is 0 Å². The van der Waals surface area contributed by atoms with Crippen molar-refractivity contribution in [1.82, 2.24) is 5.32 Å². The molecule has 0 aromatic heterocycles. The van der Waals surface area contributed by atoms with Crippen LogP contribution in [-0.2, 0) is 4.79 Å². The third-order valence-electron chi connectivity index (χ3n) is 4.43. The highest BCUT2D eigenvalue weighted by Crippen LogP contribution is 2.45. The molecule has 2 fully saturated rings. The van der Waals surface area contributed by atoms with Gasteiger partial charge in [0.05, 0.1) is 0 Å². The maximum Gasteiger partial charge on any atom is 0.217 e. The Labute approximate surface area is 97.0 Å². The van der Waals surface area contributed by atoms with Crippen LogP contribution in [0.25, 0.3) is 0 Å². The fraction of sp³-hybridized carbons (Fsp3) is 0.923. The van der Waals surface area contributed by atoms with Gasteiger partial charge in [0.25, 0.3) is 0 Å². The maximum atomic E-state index is 13.8. The number of hydrogen-bond acceptors (Lipinski definition) is 1. The largest absolute Gasteiger partial charge is 0.353 e. The molecule has 0 heterocycles. The van der Waals surface area contributed by atoms with Crippen molar-refractivity contribution in [3.63, 3.8) is 0 Å². The fourth-order valence-electron chi connectivity index (χ4n) is 3.38. The minimum absolute atomic E-state index is 0.0264. The Morgan fingerprint density at radius 2 is 1.88 bits per heavy atom. The second-order valence-corrected chi connectivity index (χ2v) is 5.56. The van der Waals surface area contributed by atoms with Crippen molar-refractivity contribution in [2.75, 3.05) is 0 Å². The van der Waals surface area contributed by atoms with Gasteiger partial charge < -0.3 is 5.32 Å². The molecule has 2 nitrogen and oxygen atoms in total. The molecule has 2 rings (SSSR count). The van der Waals surface area contributed by atoms with E-state index in [0.29, 0.717) is 11.8 Å². The van der Waals surface area contributed by atoms with E-state index in [2.05, 4.69) is 12.2 Å². The van der Waals surface area contributed by atoms with E-state index >= 15 is 0 Å². The first kappa shape index (κ1) is 11.9. The maximum absolute atomic E-state index is 13.8. The highest BCUT2D eigenvalue weighted by atomic mass is 19.1. The Bertz CT molecular complexity index is 269. The molecule has 1 amide bonds. The molecule has 0 spiro atoms. The summed E-state index contributed by atoms with van der Waals surface area (Å²) in [6, 6.07) is 0.204. The number of rotatable bonds is 1. The number of hydrogen-bond donors (Lipinski definition) is 1. The van der Waals surface area contributed by atoms with Gasteiger partial charge in [-0.3, -0.25) is 4.79 Å². The molecule has 2 saturated carbocycles. The summed E-state index contributed by atoms with van der Waals surface area (Å²) in [5.41, 5.74) is 0. The number of fused-ring (bicyclic) bond motifs is 1. The highest BCUT2D eigenvalue weighted by molar-refractivity contribution is 5.73. The monoisotopic (exact) mass is 227 g/mol. The van der Waals surface area contributed by atoms with Crippen molar-refractivity contribution >= 4 is 5.91 Å². The van der Waals surface area contributed by atoms with Crippen molar-refractivity contribution in [3.05, 3.63) is 0 Å². The van der Waals surface area contributed by atoms with Crippen molar-refractivity contribution in [2.45, 2.75) is 58.2 Å². The molecule has 5 atom stereocenters. The Hall–Kier alpha value is -0.600. The number of alkyl halides is 1. The molecular weight excluding hydrogens is 205 g/mol. The third-order valence-corrected chi connectivity index (χ3v) is 4.43. The van der Waals surface area contributed by atoms with Crippen LogP contribution < -0.4 is 5.32 Å². The van der Waals surface area contributed by atoms with Crippen LogP contribution in [-0.4, -0.2) is 18.1 Å². The van der Waals surface area contributed by atoms with Gasteiger partial charge in [-0.2, -0.15) is 0 Å². The minimum Gasteiger partial charge on any atom is -0.353 e. The normalized spacial score (nSPS) is 43.6. The van der Waals surface area contributed by atoms with Gasteiger partial charge in [0.15, 0.2) is 0 Å². The van der Waals surface area contributed by atoms with Crippen molar-refractivity contribution in [2.24, 2.45) is 17.8 Å². The van der Waals surface area contributed by atoms with Crippen LogP contribution in [0.4, 0.5) is 4.39 Å². The Morgan fingerprint density at radius 3 is 2.44 bits per heavy atom. The molecule has 16 heavy (non-hydrogen) atoms. The first-order valence-corrected chi connectivity index (χ1v) is 6.50. The average Bonchev–Trinajstić information content (AvgIpc) is 2.12. The summed E-state index contributed by atoms with van der Waals surface area (Å²) in [7, 11) is 0. The van der Waals surface area contributed by atoms with E-state index in [1.54, 1.807) is 6.92 Å². The van der Waals surface area contributed by atoms with Crippen molar-refractivity contribution in [3.8, 4) is 0 Å². The number of amides is 1. The standard InChI is InChI=1S/C13H22FNO/c1-8-4-3-5-12(14)10-6-7-11(10)13(8)15-9(2)16/h8,10-13H,3-7H2,1-2H3,(H,15,16)/t8?,10-,11?,12?,13?/m0/s1. The summed E-state index contributed by atoms with van der Waals surface area (Å²) in [5, 5.41) is 3.05. The number of carbonyl (C=O) groups is 1. The van der Waals surface area contributed by atoms with E-state index in [4.69, 9.17) is 0 Å². The van der Waals surface area contributed by atoms with Crippen molar-refractivity contribution in [1.29, 1.82) is 0 Å². The molecule has 0 radical (unpaired) electrons. The van der Waals surface area contributed by atoms with E-state index in [1.165, 1.54) is 0 Å². The number of carbonyl (C=O) groups excluding carboxylic acids is 1. The molecule has 0 aromatic rings. The fourth-order valence-corrected chi connectivity index (χ4v) is 3.38. The second-order valence-electron chi connectivity index (χ2n) is 5.56. The number of nitrogens with one attached hydrogen (secondary N) is 1. The summed E-state index contributed by atoms with van der Waals surface area (Å²) in [5.74, 6) is 1.11. The van der Waals surface area contributed by atoms with Gasteiger partial charge in [0.2, 0.25) is 5.91 Å². The predicted octanol–water partition coefficient (Wildman–Crippen LogP) is 2.68. The average molecular weight is 227 g/mol. The zero-order chi connectivity index (χ0) is 11.7. The lowest BCUT2D eigenvalue weighted by molar-refractivity contribution is -0.121. The molecule has 92 valence electrons. The summed E-state index contributed by atoms with van der Waals surface area (Å²) < 4.78 is 13.8. The van der Waals surface area contributed by atoms with E-state index in [9.17, 15) is 9.18 Å². The third kappa shape index (κ3) is 2.23. The summed E-state index contributed by atoms with van der Waals surface area (Å²) in [6.45, 7) is 3.75. The van der Waals surface area contributed by atoms with Crippen LogP contribution in [0.2, 0.25) is 0 Å². The first-order valence-electron chi connectivity index (χ1n) is 6.50. The molecule has 2 aliphatic carbocycles. The Morgan fingerprint density at radius 1 is 1.19 bits per heavy atom. The van der Waals surface area contributed by atoms with Gasteiger partial charge >= 0.3 is 0 Å². The second kappa shape index (κ2) is 4.72. The van der Waals surface area contributed by atoms with E-state index in [1.807, 2.05) is 0 Å². The van der Waals surface area contributed by atoms with E-state index in [0.717, 1.165) is 32.1 Å². The Kier molecular flexibility index (Phi) is 3.50. The van der Waals surface area contributed by atoms with Crippen LogP contribution in [0, 0.1) is 17.8 Å². The molecular formula is C13H22FNO. The molecule has 4 unspecified atom stereocenters. The van der Waals surface area contributed by atoms with Gasteiger partial charge in [-0.15, -0.1) is 0 Å². The minimum atomic E-state index is -0.637. The quantitative estimate of drug-likeness (QED) is 0.733. The van der Waals surface area contributed by atoms with E-state index in [-0.39, 0.29) is 17.9 Å². The zero-order valence-electron chi connectivity index (χ0n) is 10.2. The molecule has 0 aromatic carbocycles. The topological polar surface area (TPSA) is 29.1 Å². The lowest BCUT2D eigenvalue weighted by atomic mass is 9.62. The molecule has 0 aliphatic heterocycles. The zero-order valence-corrected chi connectivity index (χ0v) is 10.2. The van der Waals surface area contributed by atoms with Gasteiger partial charge in [-0.05, 0) is 43.4 Å². The Balaban J connectivity index is 2.08. The summed E-state index contributed by atoms with van der Waals surface area (Å²) >= 11 is 0. The van der Waals surface area contributed by atoms with Crippen LogP contribution in [0.5, 0.6) is 0 Å². The highest BCUT2D eigenvalue weighted by Gasteiger charge is 2.44. The molecule has 1 N–H and O–H groups in total. The molecule has 3 heteroatoms. The lowest BCUT2D eigenvalue weighted by Crippen LogP contribution is -2.52.